The van der Waals surface area contributed by atoms with Crippen LogP contribution in [0.15, 0.2) is 66.7 Å². The Labute approximate surface area is 175 Å². The molecule has 0 saturated heterocycles. The van der Waals surface area contributed by atoms with Gasteiger partial charge in [0.2, 0.25) is 5.91 Å². The highest BCUT2D eigenvalue weighted by atomic mass is 16.5. The van der Waals surface area contributed by atoms with Crippen LogP contribution in [0.25, 0.3) is 22.4 Å². The van der Waals surface area contributed by atoms with Gasteiger partial charge in [-0.25, -0.2) is 4.98 Å². The summed E-state index contributed by atoms with van der Waals surface area (Å²) in [6, 6.07) is 21.9. The van der Waals surface area contributed by atoms with Crippen LogP contribution in [-0.4, -0.2) is 23.0 Å². The van der Waals surface area contributed by atoms with Gasteiger partial charge in [-0.05, 0) is 55.2 Å². The molecule has 1 aromatic heterocycles. The molecular formula is C25H23N3O2. The van der Waals surface area contributed by atoms with E-state index in [9.17, 15) is 4.79 Å². The van der Waals surface area contributed by atoms with E-state index in [0.29, 0.717) is 0 Å². The van der Waals surface area contributed by atoms with Crippen LogP contribution < -0.4 is 10.1 Å². The number of rotatable bonds is 5. The third-order valence-corrected chi connectivity index (χ3v) is 5.74. The highest BCUT2D eigenvalue weighted by Crippen LogP contribution is 2.51. The number of amides is 1. The molecule has 2 N–H and O–H groups in total. The highest BCUT2D eigenvalue weighted by Gasteiger charge is 2.45. The SMILES string of the molecule is COc1ccccc1[C@H]1C[C@H]1C(=O)Nc1ccc(C)cc1-c1nc2ccccc2[nH]1. The molecule has 1 aliphatic carbocycles. The van der Waals surface area contributed by atoms with Gasteiger partial charge in [-0.1, -0.05) is 42.0 Å². The smallest absolute Gasteiger partial charge is 0.228 e. The molecule has 5 nitrogen and oxygen atoms in total. The third kappa shape index (κ3) is 3.32. The normalized spacial score (nSPS) is 17.7. The number of hydrogen-bond acceptors (Lipinski definition) is 3. The van der Waals surface area contributed by atoms with Crippen molar-refractivity contribution in [2.24, 2.45) is 5.92 Å². The maximum Gasteiger partial charge on any atom is 0.228 e. The first-order valence-electron chi connectivity index (χ1n) is 10.1. The summed E-state index contributed by atoms with van der Waals surface area (Å²) in [7, 11) is 1.67. The summed E-state index contributed by atoms with van der Waals surface area (Å²) in [4.78, 5) is 21.1. The van der Waals surface area contributed by atoms with Crippen molar-refractivity contribution in [3.05, 3.63) is 77.9 Å². The number of carbonyl (C=O) groups excluding carboxylic acids is 1. The zero-order valence-corrected chi connectivity index (χ0v) is 17.0. The van der Waals surface area contributed by atoms with Crippen LogP contribution in [0.1, 0.15) is 23.5 Å². The van der Waals surface area contributed by atoms with E-state index >= 15 is 0 Å². The standard InChI is InChI=1S/C25H23N3O2/c1-15-11-12-20(19(13-15)24-26-21-8-4-5-9-22(21)27-24)28-25(29)18-14-17(18)16-7-3-6-10-23(16)30-2/h3-13,17-18H,14H2,1-2H3,(H,26,27)(H,28,29)/t17-,18-/m1/s1. The Kier molecular flexibility index (Phi) is 4.51. The van der Waals surface area contributed by atoms with Gasteiger partial charge in [-0.15, -0.1) is 0 Å². The van der Waals surface area contributed by atoms with Crippen LogP contribution in [0.4, 0.5) is 5.69 Å². The predicted molar refractivity (Wildman–Crippen MR) is 119 cm³/mol. The average molecular weight is 397 g/mol. The van der Waals surface area contributed by atoms with Crippen molar-refractivity contribution >= 4 is 22.6 Å². The molecule has 1 saturated carbocycles. The molecule has 1 fully saturated rings. The largest absolute Gasteiger partial charge is 0.496 e. The number of nitrogens with zero attached hydrogens (tertiary/aromatic N) is 1. The first-order valence-corrected chi connectivity index (χ1v) is 10.1. The summed E-state index contributed by atoms with van der Waals surface area (Å²) in [5.41, 5.74) is 5.77. The maximum atomic E-state index is 13.0. The summed E-state index contributed by atoms with van der Waals surface area (Å²) in [5, 5.41) is 3.14. The lowest BCUT2D eigenvalue weighted by molar-refractivity contribution is -0.117. The van der Waals surface area contributed by atoms with E-state index in [2.05, 4.69) is 16.4 Å². The average Bonchev–Trinajstić information content (AvgIpc) is 3.45. The molecule has 1 aliphatic rings. The Morgan fingerprint density at radius 2 is 1.90 bits per heavy atom. The molecule has 30 heavy (non-hydrogen) atoms. The number of aromatic nitrogens is 2. The van der Waals surface area contributed by atoms with E-state index < -0.39 is 0 Å². The number of anilines is 1. The number of hydrogen-bond donors (Lipinski definition) is 2. The molecule has 2 atom stereocenters. The fourth-order valence-electron chi connectivity index (χ4n) is 4.07. The maximum absolute atomic E-state index is 13.0. The molecule has 0 bridgehead atoms. The van der Waals surface area contributed by atoms with Gasteiger partial charge in [0.1, 0.15) is 11.6 Å². The van der Waals surface area contributed by atoms with Crippen molar-refractivity contribution in [2.75, 3.05) is 12.4 Å². The molecule has 0 unspecified atom stereocenters. The minimum Gasteiger partial charge on any atom is -0.496 e. The number of imidazole rings is 1. The van der Waals surface area contributed by atoms with Gasteiger partial charge in [0.15, 0.2) is 0 Å². The van der Waals surface area contributed by atoms with Gasteiger partial charge in [-0.2, -0.15) is 0 Å². The van der Waals surface area contributed by atoms with Crippen LogP contribution >= 0.6 is 0 Å². The van der Waals surface area contributed by atoms with E-state index in [1.807, 2.05) is 67.6 Å². The van der Waals surface area contributed by atoms with Crippen molar-refractivity contribution in [3.8, 4) is 17.1 Å². The Bertz CT molecular complexity index is 1210. The number of benzene rings is 3. The fourth-order valence-corrected chi connectivity index (χ4v) is 4.07. The first kappa shape index (κ1) is 18.4. The number of methoxy groups -OCH3 is 1. The molecule has 3 aromatic carbocycles. The minimum atomic E-state index is -0.0499. The summed E-state index contributed by atoms with van der Waals surface area (Å²) in [6.07, 6.45) is 0.831. The number of aromatic amines is 1. The molecule has 0 aliphatic heterocycles. The lowest BCUT2D eigenvalue weighted by Gasteiger charge is -2.11. The summed E-state index contributed by atoms with van der Waals surface area (Å²) in [5.74, 6) is 1.78. The molecular weight excluding hydrogens is 374 g/mol. The van der Waals surface area contributed by atoms with E-state index in [1.54, 1.807) is 7.11 Å². The lowest BCUT2D eigenvalue weighted by Crippen LogP contribution is -2.15. The number of ether oxygens (including phenoxy) is 1. The van der Waals surface area contributed by atoms with Crippen molar-refractivity contribution in [3.63, 3.8) is 0 Å². The molecule has 5 rings (SSSR count). The molecule has 0 spiro atoms. The molecule has 5 heteroatoms. The van der Waals surface area contributed by atoms with E-state index in [0.717, 1.165) is 51.4 Å². The number of carbonyl (C=O) groups is 1. The summed E-state index contributed by atoms with van der Waals surface area (Å²) in [6.45, 7) is 2.04. The quantitative estimate of drug-likeness (QED) is 0.481. The van der Waals surface area contributed by atoms with Crippen molar-refractivity contribution < 1.29 is 9.53 Å². The van der Waals surface area contributed by atoms with E-state index in [4.69, 9.17) is 9.72 Å². The lowest BCUT2D eigenvalue weighted by atomic mass is 10.1. The van der Waals surface area contributed by atoms with Gasteiger partial charge >= 0.3 is 0 Å². The van der Waals surface area contributed by atoms with Crippen LogP contribution in [0, 0.1) is 12.8 Å². The van der Waals surface area contributed by atoms with Gasteiger partial charge in [-0.3, -0.25) is 4.79 Å². The van der Waals surface area contributed by atoms with Crippen LogP contribution in [0.3, 0.4) is 0 Å². The Balaban J connectivity index is 1.41. The van der Waals surface area contributed by atoms with Crippen LogP contribution in [0.2, 0.25) is 0 Å². The monoisotopic (exact) mass is 397 g/mol. The third-order valence-electron chi connectivity index (χ3n) is 5.74. The number of fused-ring (bicyclic) bond motifs is 1. The zero-order chi connectivity index (χ0) is 20.7. The molecule has 1 amide bonds. The predicted octanol–water partition coefficient (Wildman–Crippen LogP) is 5.29. The fraction of sp³-hybridized carbons (Fsp3) is 0.200. The van der Waals surface area contributed by atoms with Crippen molar-refractivity contribution in [2.45, 2.75) is 19.3 Å². The Morgan fingerprint density at radius 1 is 1.10 bits per heavy atom. The second-order valence-corrected chi connectivity index (χ2v) is 7.83. The summed E-state index contributed by atoms with van der Waals surface area (Å²) >= 11 is 0. The van der Waals surface area contributed by atoms with Gasteiger partial charge in [0.25, 0.3) is 0 Å². The van der Waals surface area contributed by atoms with Crippen molar-refractivity contribution in [1.29, 1.82) is 0 Å². The topological polar surface area (TPSA) is 67.0 Å². The second-order valence-electron chi connectivity index (χ2n) is 7.83. The van der Waals surface area contributed by atoms with Gasteiger partial charge in [0.05, 0.1) is 23.8 Å². The second kappa shape index (κ2) is 7.34. The van der Waals surface area contributed by atoms with Gasteiger partial charge < -0.3 is 15.0 Å². The number of aryl methyl sites for hydroxylation is 1. The first-order chi connectivity index (χ1) is 14.6. The van der Waals surface area contributed by atoms with Crippen LogP contribution in [0.5, 0.6) is 5.75 Å². The number of para-hydroxylation sites is 3. The zero-order valence-electron chi connectivity index (χ0n) is 17.0. The van der Waals surface area contributed by atoms with E-state index in [1.165, 1.54) is 0 Å². The molecule has 0 radical (unpaired) electrons. The number of nitrogens with one attached hydrogen (secondary N) is 2. The summed E-state index contributed by atoms with van der Waals surface area (Å²) < 4.78 is 5.47. The van der Waals surface area contributed by atoms with E-state index in [-0.39, 0.29) is 17.7 Å². The molecule has 1 heterocycles. The minimum absolute atomic E-state index is 0.0344. The van der Waals surface area contributed by atoms with Crippen molar-refractivity contribution in [1.82, 2.24) is 9.97 Å². The Morgan fingerprint density at radius 3 is 2.73 bits per heavy atom. The highest BCUT2D eigenvalue weighted by molar-refractivity contribution is 5.99. The number of H-pyrrole nitrogens is 1. The Hall–Kier alpha value is -3.60. The molecule has 150 valence electrons. The van der Waals surface area contributed by atoms with Gasteiger partial charge in [0, 0.05) is 11.5 Å². The molecule has 4 aromatic rings. The van der Waals surface area contributed by atoms with Crippen LogP contribution in [-0.2, 0) is 4.79 Å².